The molecule has 1 aromatic carbocycles. The summed E-state index contributed by atoms with van der Waals surface area (Å²) in [6, 6.07) is 7.94. The van der Waals surface area contributed by atoms with Gasteiger partial charge in [-0.25, -0.2) is 14.8 Å². The Morgan fingerprint density at radius 1 is 1.13 bits per heavy atom. The molecule has 2 saturated heterocycles. The number of nitrogens with zero attached hydrogens (tertiary/aromatic N) is 4. The predicted octanol–water partition coefficient (Wildman–Crippen LogP) is 5.84. The van der Waals surface area contributed by atoms with Crippen molar-refractivity contribution in [3.63, 3.8) is 0 Å². The molecule has 0 spiro atoms. The van der Waals surface area contributed by atoms with Gasteiger partial charge in [-0.05, 0) is 51.0 Å². The molecule has 3 aliphatic rings. The maximum absolute atomic E-state index is 13.7. The zero-order chi connectivity index (χ0) is 27.3. The van der Waals surface area contributed by atoms with E-state index in [-0.39, 0.29) is 24.1 Å². The number of hydrogen-bond donors (Lipinski definition) is 0. The lowest BCUT2D eigenvalue weighted by Gasteiger charge is -2.39. The average Bonchev–Trinajstić information content (AvgIpc) is 3.62. The highest BCUT2D eigenvalue weighted by molar-refractivity contribution is 5.90. The van der Waals surface area contributed by atoms with Gasteiger partial charge >= 0.3 is 12.1 Å². The number of ether oxygens (including phenoxy) is 2. The SMILES string of the molecule is COC(=O)c1cnc(N2C3CC[C@H]2C[C@H](OCc2c(-c4ccccc4C)noc2C2CC2)C3)nc1C(F)(F)F. The number of halogens is 3. The van der Waals surface area contributed by atoms with Gasteiger partial charge in [0.1, 0.15) is 17.0 Å². The summed E-state index contributed by atoms with van der Waals surface area (Å²) in [5.41, 5.74) is 1.96. The first-order valence-corrected chi connectivity index (χ1v) is 13.2. The Bertz CT molecular complexity index is 1370. The van der Waals surface area contributed by atoms with Crippen LogP contribution in [0.3, 0.4) is 0 Å². The van der Waals surface area contributed by atoms with E-state index in [9.17, 15) is 18.0 Å². The van der Waals surface area contributed by atoms with Crippen molar-refractivity contribution < 1.29 is 32.0 Å². The summed E-state index contributed by atoms with van der Waals surface area (Å²) in [7, 11) is 1.03. The summed E-state index contributed by atoms with van der Waals surface area (Å²) >= 11 is 0. The molecule has 3 fully saturated rings. The van der Waals surface area contributed by atoms with Crippen molar-refractivity contribution in [2.24, 2.45) is 0 Å². The van der Waals surface area contributed by atoms with Crippen LogP contribution in [0.15, 0.2) is 35.0 Å². The fraction of sp³-hybridized carbons (Fsp3) is 0.500. The topological polar surface area (TPSA) is 90.6 Å². The van der Waals surface area contributed by atoms with Gasteiger partial charge < -0.3 is 18.9 Å². The van der Waals surface area contributed by atoms with E-state index in [1.54, 1.807) is 0 Å². The second-order valence-corrected chi connectivity index (χ2v) is 10.6. The van der Waals surface area contributed by atoms with Gasteiger partial charge in [0.15, 0.2) is 5.69 Å². The number of carbonyl (C=O) groups is 1. The standard InChI is InChI=1S/C28H29F3N4O4/c1-15-5-3-4-6-20(15)23-22(24(39-34-23)16-7-8-16)14-38-19-11-17-9-10-18(12-19)35(17)27-32-13-21(26(36)37-2)25(33-27)28(29,30)31/h3-6,13,16-19H,7-12,14H2,1-2H3/t17-,18?,19-/m0/s1. The molecule has 0 N–H and O–H groups in total. The van der Waals surface area contributed by atoms with E-state index in [1.807, 2.05) is 36.1 Å². The van der Waals surface area contributed by atoms with Crippen molar-refractivity contribution in [2.45, 2.75) is 82.3 Å². The maximum Gasteiger partial charge on any atom is 0.434 e. The van der Waals surface area contributed by atoms with Gasteiger partial charge in [0.25, 0.3) is 0 Å². The Morgan fingerprint density at radius 3 is 2.49 bits per heavy atom. The molecule has 1 saturated carbocycles. The Labute approximate surface area is 223 Å². The molecule has 0 amide bonds. The Morgan fingerprint density at radius 2 is 1.85 bits per heavy atom. The molecule has 6 rings (SSSR count). The third-order valence-corrected chi connectivity index (χ3v) is 8.00. The van der Waals surface area contributed by atoms with Gasteiger partial charge in [0.2, 0.25) is 5.95 Å². The lowest BCUT2D eigenvalue weighted by atomic mass is 9.99. The number of esters is 1. The van der Waals surface area contributed by atoms with E-state index in [4.69, 9.17) is 9.26 Å². The van der Waals surface area contributed by atoms with Gasteiger partial charge in [-0.2, -0.15) is 13.2 Å². The smallest absolute Gasteiger partial charge is 0.434 e. The van der Waals surface area contributed by atoms with Gasteiger partial charge in [0.05, 0.1) is 19.8 Å². The molecule has 0 radical (unpaired) electrons. The second-order valence-electron chi connectivity index (χ2n) is 10.6. The van der Waals surface area contributed by atoms with Crippen LogP contribution in [0.2, 0.25) is 0 Å². The highest BCUT2D eigenvalue weighted by Gasteiger charge is 2.45. The third kappa shape index (κ3) is 4.88. The molecule has 8 nitrogen and oxygen atoms in total. The molecule has 2 aromatic heterocycles. The quantitative estimate of drug-likeness (QED) is 0.344. The van der Waals surface area contributed by atoms with E-state index in [2.05, 4.69) is 19.9 Å². The molecule has 2 aliphatic heterocycles. The summed E-state index contributed by atoms with van der Waals surface area (Å²) in [4.78, 5) is 21.7. The first-order valence-electron chi connectivity index (χ1n) is 13.2. The highest BCUT2D eigenvalue weighted by atomic mass is 19.4. The van der Waals surface area contributed by atoms with Crippen LogP contribution in [0, 0.1) is 6.92 Å². The minimum atomic E-state index is -4.81. The molecule has 1 aliphatic carbocycles. The van der Waals surface area contributed by atoms with Crippen LogP contribution in [-0.2, 0) is 22.3 Å². The second kappa shape index (κ2) is 9.93. The lowest BCUT2D eigenvalue weighted by Crippen LogP contribution is -2.46. The number of hydrogen-bond acceptors (Lipinski definition) is 8. The van der Waals surface area contributed by atoms with Gasteiger partial charge in [-0.3, -0.25) is 0 Å². The summed E-state index contributed by atoms with van der Waals surface area (Å²) in [6.07, 6.45) is 1.09. The lowest BCUT2D eigenvalue weighted by molar-refractivity contribution is -0.141. The van der Waals surface area contributed by atoms with Gasteiger partial charge in [0, 0.05) is 35.3 Å². The largest absolute Gasteiger partial charge is 0.465 e. The summed E-state index contributed by atoms with van der Waals surface area (Å²) in [5, 5.41) is 4.42. The molecule has 39 heavy (non-hydrogen) atoms. The molecule has 206 valence electrons. The molecule has 11 heteroatoms. The van der Waals surface area contributed by atoms with E-state index < -0.39 is 23.4 Å². The van der Waals surface area contributed by atoms with Crippen molar-refractivity contribution in [3.05, 3.63) is 58.6 Å². The summed E-state index contributed by atoms with van der Waals surface area (Å²) in [5.74, 6) is 0.137. The first-order chi connectivity index (χ1) is 18.7. The van der Waals surface area contributed by atoms with E-state index in [0.29, 0.717) is 25.4 Å². The highest BCUT2D eigenvalue weighted by Crippen LogP contribution is 2.45. The van der Waals surface area contributed by atoms with Crippen LogP contribution in [0.1, 0.15) is 77.4 Å². The number of benzene rings is 1. The number of fused-ring (bicyclic) bond motifs is 2. The van der Waals surface area contributed by atoms with Gasteiger partial charge in [-0.1, -0.05) is 29.4 Å². The number of aryl methyl sites for hydroxylation is 1. The van der Waals surface area contributed by atoms with Crippen LogP contribution >= 0.6 is 0 Å². The normalized spacial score (nSPS) is 22.8. The van der Waals surface area contributed by atoms with Crippen LogP contribution in [0.25, 0.3) is 11.3 Å². The van der Waals surface area contributed by atoms with Gasteiger partial charge in [-0.15, -0.1) is 0 Å². The molecule has 4 heterocycles. The molecule has 1 unspecified atom stereocenters. The molecule has 3 aromatic rings. The monoisotopic (exact) mass is 542 g/mol. The van der Waals surface area contributed by atoms with Crippen molar-refractivity contribution in [1.82, 2.24) is 15.1 Å². The minimum absolute atomic E-state index is 0.0159. The summed E-state index contributed by atoms with van der Waals surface area (Å²) in [6.45, 7) is 2.41. The number of anilines is 1. The van der Waals surface area contributed by atoms with Crippen LogP contribution in [-0.4, -0.2) is 46.4 Å². The Balaban J connectivity index is 1.20. The Hall–Kier alpha value is -3.47. The van der Waals surface area contributed by atoms with Crippen molar-refractivity contribution in [3.8, 4) is 11.3 Å². The van der Waals surface area contributed by atoms with E-state index >= 15 is 0 Å². The molecular weight excluding hydrogens is 513 g/mol. The zero-order valence-corrected chi connectivity index (χ0v) is 21.7. The van der Waals surface area contributed by atoms with Crippen LogP contribution < -0.4 is 4.90 Å². The zero-order valence-electron chi connectivity index (χ0n) is 21.7. The van der Waals surface area contributed by atoms with Crippen LogP contribution in [0.4, 0.5) is 19.1 Å². The predicted molar refractivity (Wildman–Crippen MR) is 134 cm³/mol. The number of carbonyl (C=O) groups excluding carboxylic acids is 1. The van der Waals surface area contributed by atoms with E-state index in [1.165, 1.54) is 0 Å². The number of rotatable bonds is 7. The molecule has 2 bridgehead atoms. The van der Waals surface area contributed by atoms with Crippen molar-refractivity contribution in [2.75, 3.05) is 12.0 Å². The molecular formula is C28H29F3N4O4. The number of aromatic nitrogens is 3. The molecule has 3 atom stereocenters. The minimum Gasteiger partial charge on any atom is -0.465 e. The maximum atomic E-state index is 13.7. The van der Waals surface area contributed by atoms with Crippen molar-refractivity contribution >= 4 is 11.9 Å². The summed E-state index contributed by atoms with van der Waals surface area (Å²) < 4.78 is 57.9. The fourth-order valence-electron chi connectivity index (χ4n) is 5.94. The number of methoxy groups -OCH3 is 1. The fourth-order valence-corrected chi connectivity index (χ4v) is 5.94. The number of piperidine rings is 1. The van der Waals surface area contributed by atoms with E-state index in [0.717, 1.165) is 67.1 Å². The van der Waals surface area contributed by atoms with Crippen molar-refractivity contribution in [1.29, 1.82) is 0 Å². The van der Waals surface area contributed by atoms with Crippen LogP contribution in [0.5, 0.6) is 0 Å². The average molecular weight is 543 g/mol. The number of alkyl halides is 3. The third-order valence-electron chi connectivity index (χ3n) is 8.00. The first kappa shape index (κ1) is 25.8. The Kier molecular flexibility index (Phi) is 6.57.